The van der Waals surface area contributed by atoms with Crippen molar-refractivity contribution in [2.24, 2.45) is 0 Å². The molecular formula is C17H20BrN3. The lowest BCUT2D eigenvalue weighted by atomic mass is 10.0. The van der Waals surface area contributed by atoms with Crippen molar-refractivity contribution in [1.82, 2.24) is 9.97 Å². The number of anilines is 1. The molecule has 1 heterocycles. The summed E-state index contributed by atoms with van der Waals surface area (Å²) in [5.41, 5.74) is 3.60. The third kappa shape index (κ3) is 2.95. The van der Waals surface area contributed by atoms with Gasteiger partial charge in [-0.15, -0.1) is 0 Å². The number of hydrogen-bond donors (Lipinski definition) is 1. The van der Waals surface area contributed by atoms with Crippen molar-refractivity contribution in [3.63, 3.8) is 0 Å². The Hall–Kier alpha value is -1.42. The Morgan fingerprint density at radius 2 is 1.95 bits per heavy atom. The molecule has 1 aromatic heterocycles. The fourth-order valence-corrected chi connectivity index (χ4v) is 3.18. The largest absolute Gasteiger partial charge is 0.369 e. The van der Waals surface area contributed by atoms with Crippen molar-refractivity contribution >= 4 is 21.7 Å². The maximum absolute atomic E-state index is 4.86. The van der Waals surface area contributed by atoms with E-state index < -0.39 is 0 Å². The maximum Gasteiger partial charge on any atom is 0.162 e. The van der Waals surface area contributed by atoms with Gasteiger partial charge < -0.3 is 5.32 Å². The van der Waals surface area contributed by atoms with Crippen molar-refractivity contribution in [2.75, 3.05) is 11.9 Å². The smallest absolute Gasteiger partial charge is 0.162 e. The van der Waals surface area contributed by atoms with Gasteiger partial charge in [0.1, 0.15) is 5.82 Å². The Bertz CT molecular complexity index is 650. The molecule has 0 amide bonds. The zero-order valence-corrected chi connectivity index (χ0v) is 14.1. The van der Waals surface area contributed by atoms with Gasteiger partial charge in [0.25, 0.3) is 0 Å². The molecule has 0 atom stereocenters. The Morgan fingerprint density at radius 3 is 2.62 bits per heavy atom. The Labute approximate surface area is 134 Å². The summed E-state index contributed by atoms with van der Waals surface area (Å²) in [6, 6.07) is 8.41. The van der Waals surface area contributed by atoms with Crippen LogP contribution in [0.4, 0.5) is 5.82 Å². The second-order valence-electron chi connectivity index (χ2n) is 5.41. The quantitative estimate of drug-likeness (QED) is 0.847. The minimum Gasteiger partial charge on any atom is -0.369 e. The molecule has 2 aromatic rings. The zero-order chi connectivity index (χ0) is 14.8. The van der Waals surface area contributed by atoms with E-state index >= 15 is 0 Å². The summed E-state index contributed by atoms with van der Waals surface area (Å²) in [5.74, 6) is 2.34. The molecule has 0 bridgehead atoms. The van der Waals surface area contributed by atoms with E-state index in [1.54, 1.807) is 0 Å². The predicted octanol–water partition coefficient (Wildman–Crippen LogP) is 4.78. The fourth-order valence-electron chi connectivity index (χ4n) is 2.54. The van der Waals surface area contributed by atoms with Crippen LogP contribution in [0.15, 0.2) is 28.7 Å². The van der Waals surface area contributed by atoms with Crippen LogP contribution < -0.4 is 5.32 Å². The number of rotatable bonds is 5. The van der Waals surface area contributed by atoms with Gasteiger partial charge in [-0.3, -0.25) is 0 Å². The van der Waals surface area contributed by atoms with E-state index in [9.17, 15) is 0 Å². The normalized spacial score (nSPS) is 14.2. The Kier molecular flexibility index (Phi) is 4.24. The lowest BCUT2D eigenvalue weighted by molar-refractivity contribution is 0.970. The van der Waals surface area contributed by atoms with Crippen LogP contribution >= 0.6 is 15.9 Å². The molecule has 0 radical (unpaired) electrons. The minimum atomic E-state index is 0.590. The molecule has 0 unspecified atom stereocenters. The monoisotopic (exact) mass is 345 g/mol. The first-order valence-corrected chi connectivity index (χ1v) is 8.43. The van der Waals surface area contributed by atoms with Gasteiger partial charge in [0.15, 0.2) is 5.82 Å². The lowest BCUT2D eigenvalue weighted by Gasteiger charge is -2.13. The molecule has 4 heteroatoms. The molecule has 0 aliphatic heterocycles. The summed E-state index contributed by atoms with van der Waals surface area (Å²) < 4.78 is 1.03. The number of halogens is 1. The SMILES string of the molecule is CCNc1nc(-c2ccccc2CC)nc(C2CC2)c1Br. The van der Waals surface area contributed by atoms with Crippen LogP contribution in [-0.2, 0) is 6.42 Å². The average Bonchev–Trinajstić information content (AvgIpc) is 3.34. The molecule has 0 saturated heterocycles. The Morgan fingerprint density at radius 1 is 1.19 bits per heavy atom. The van der Waals surface area contributed by atoms with Gasteiger partial charge in [-0.2, -0.15) is 0 Å². The van der Waals surface area contributed by atoms with E-state index in [4.69, 9.17) is 9.97 Å². The lowest BCUT2D eigenvalue weighted by Crippen LogP contribution is -2.06. The van der Waals surface area contributed by atoms with Gasteiger partial charge in [0.05, 0.1) is 10.2 Å². The summed E-state index contributed by atoms with van der Waals surface area (Å²) in [5, 5.41) is 3.35. The molecule has 21 heavy (non-hydrogen) atoms. The van der Waals surface area contributed by atoms with Gasteiger partial charge in [0, 0.05) is 18.0 Å². The van der Waals surface area contributed by atoms with Crippen LogP contribution in [0.1, 0.15) is 43.9 Å². The van der Waals surface area contributed by atoms with E-state index in [0.29, 0.717) is 5.92 Å². The van der Waals surface area contributed by atoms with E-state index in [2.05, 4.69) is 59.4 Å². The highest BCUT2D eigenvalue weighted by Gasteiger charge is 2.29. The number of hydrogen-bond acceptors (Lipinski definition) is 3. The van der Waals surface area contributed by atoms with Crippen molar-refractivity contribution in [1.29, 1.82) is 0 Å². The summed E-state index contributed by atoms with van der Waals surface area (Å²) in [7, 11) is 0. The molecule has 0 spiro atoms. The van der Waals surface area contributed by atoms with Crippen molar-refractivity contribution in [3.8, 4) is 11.4 Å². The second kappa shape index (κ2) is 6.14. The van der Waals surface area contributed by atoms with Gasteiger partial charge >= 0.3 is 0 Å². The van der Waals surface area contributed by atoms with Gasteiger partial charge in [0.2, 0.25) is 0 Å². The van der Waals surface area contributed by atoms with E-state index in [1.165, 1.54) is 18.4 Å². The van der Waals surface area contributed by atoms with Crippen LogP contribution in [-0.4, -0.2) is 16.5 Å². The number of aryl methyl sites for hydroxylation is 1. The topological polar surface area (TPSA) is 37.8 Å². The standard InChI is InChI=1S/C17H20BrN3/c1-3-11-7-5-6-8-13(11)16-20-15(12-9-10-12)14(18)17(21-16)19-4-2/h5-8,12H,3-4,9-10H2,1-2H3,(H,19,20,21). The first kappa shape index (κ1) is 14.5. The zero-order valence-electron chi connectivity index (χ0n) is 12.5. The van der Waals surface area contributed by atoms with E-state index in [1.807, 2.05) is 0 Å². The highest BCUT2D eigenvalue weighted by Crippen LogP contribution is 2.44. The summed E-state index contributed by atoms with van der Waals surface area (Å²) in [4.78, 5) is 9.60. The molecule has 1 fully saturated rings. The van der Waals surface area contributed by atoms with Gasteiger partial charge in [-0.05, 0) is 47.7 Å². The Balaban J connectivity index is 2.13. The van der Waals surface area contributed by atoms with Crippen LogP contribution in [0.3, 0.4) is 0 Å². The van der Waals surface area contributed by atoms with Crippen LogP contribution in [0.2, 0.25) is 0 Å². The van der Waals surface area contributed by atoms with Gasteiger partial charge in [-0.25, -0.2) is 9.97 Å². The highest BCUT2D eigenvalue weighted by molar-refractivity contribution is 9.10. The molecular weight excluding hydrogens is 326 g/mol. The molecule has 1 aliphatic carbocycles. The summed E-state index contributed by atoms with van der Waals surface area (Å²) in [6.45, 7) is 5.12. The van der Waals surface area contributed by atoms with Gasteiger partial charge in [-0.1, -0.05) is 31.2 Å². The fraction of sp³-hybridized carbons (Fsp3) is 0.412. The molecule has 1 saturated carbocycles. The van der Waals surface area contributed by atoms with Crippen LogP contribution in [0.25, 0.3) is 11.4 Å². The highest BCUT2D eigenvalue weighted by atomic mass is 79.9. The van der Waals surface area contributed by atoms with Crippen molar-refractivity contribution < 1.29 is 0 Å². The second-order valence-corrected chi connectivity index (χ2v) is 6.20. The number of aromatic nitrogens is 2. The summed E-state index contributed by atoms with van der Waals surface area (Å²) >= 11 is 3.68. The molecule has 1 N–H and O–H groups in total. The first-order valence-electron chi connectivity index (χ1n) is 7.64. The third-order valence-electron chi connectivity index (χ3n) is 3.82. The maximum atomic E-state index is 4.86. The third-order valence-corrected chi connectivity index (χ3v) is 4.61. The number of nitrogens with one attached hydrogen (secondary N) is 1. The summed E-state index contributed by atoms with van der Waals surface area (Å²) in [6.07, 6.45) is 3.46. The molecule has 110 valence electrons. The minimum absolute atomic E-state index is 0.590. The molecule has 1 aromatic carbocycles. The molecule has 3 rings (SSSR count). The number of benzene rings is 1. The van der Waals surface area contributed by atoms with Crippen LogP contribution in [0.5, 0.6) is 0 Å². The van der Waals surface area contributed by atoms with E-state index in [-0.39, 0.29) is 0 Å². The predicted molar refractivity (Wildman–Crippen MR) is 90.7 cm³/mol. The number of nitrogens with zero attached hydrogens (tertiary/aromatic N) is 2. The molecule has 1 aliphatic rings. The molecule has 3 nitrogen and oxygen atoms in total. The average molecular weight is 346 g/mol. The first-order chi connectivity index (χ1) is 10.2. The van der Waals surface area contributed by atoms with Crippen molar-refractivity contribution in [3.05, 3.63) is 40.0 Å². The van der Waals surface area contributed by atoms with Crippen LogP contribution in [0, 0.1) is 0 Å². The van der Waals surface area contributed by atoms with Crippen molar-refractivity contribution in [2.45, 2.75) is 39.0 Å². The van der Waals surface area contributed by atoms with E-state index in [0.717, 1.165) is 40.3 Å².